The van der Waals surface area contributed by atoms with E-state index in [1.54, 1.807) is 4.68 Å². The van der Waals surface area contributed by atoms with Crippen molar-refractivity contribution < 1.29 is 4.79 Å². The molecule has 3 N–H and O–H groups in total. The number of carbonyl (C=O) groups is 1. The SMILES string of the molecule is Cc1nn(C)c(C)c1C(=O)NC1(CN)CC1. The lowest BCUT2D eigenvalue weighted by molar-refractivity contribution is 0.0931. The largest absolute Gasteiger partial charge is 0.345 e. The number of nitrogens with zero attached hydrogens (tertiary/aromatic N) is 2. The van der Waals surface area contributed by atoms with Gasteiger partial charge in [0.25, 0.3) is 5.91 Å². The summed E-state index contributed by atoms with van der Waals surface area (Å²) in [7, 11) is 1.84. The van der Waals surface area contributed by atoms with Crippen LogP contribution in [0.5, 0.6) is 0 Å². The van der Waals surface area contributed by atoms with E-state index in [2.05, 4.69) is 10.4 Å². The summed E-state index contributed by atoms with van der Waals surface area (Å²) in [6.45, 7) is 4.26. The fourth-order valence-corrected chi connectivity index (χ4v) is 1.94. The third kappa shape index (κ3) is 1.71. The van der Waals surface area contributed by atoms with Crippen LogP contribution in [0.25, 0.3) is 0 Å². The van der Waals surface area contributed by atoms with Crippen molar-refractivity contribution >= 4 is 5.91 Å². The molecule has 0 atom stereocenters. The first kappa shape index (κ1) is 11.1. The second kappa shape index (κ2) is 3.59. The predicted octanol–water partition coefficient (Wildman–Crippen LogP) is 0.258. The Morgan fingerprint density at radius 1 is 1.56 bits per heavy atom. The van der Waals surface area contributed by atoms with Crippen molar-refractivity contribution in [1.82, 2.24) is 15.1 Å². The van der Waals surface area contributed by atoms with Crippen molar-refractivity contribution in [3.8, 4) is 0 Å². The molecule has 88 valence electrons. The van der Waals surface area contributed by atoms with E-state index in [1.807, 2.05) is 20.9 Å². The highest BCUT2D eigenvalue weighted by Gasteiger charge is 2.43. The third-order valence-corrected chi connectivity index (χ3v) is 3.36. The van der Waals surface area contributed by atoms with Gasteiger partial charge in [0, 0.05) is 19.3 Å². The Bertz CT molecular complexity index is 431. The van der Waals surface area contributed by atoms with Gasteiger partial charge in [-0.2, -0.15) is 5.10 Å². The molecule has 0 radical (unpaired) electrons. The number of amides is 1. The zero-order valence-corrected chi connectivity index (χ0v) is 10.0. The van der Waals surface area contributed by atoms with E-state index in [-0.39, 0.29) is 11.4 Å². The Labute approximate surface area is 95.0 Å². The van der Waals surface area contributed by atoms with Crippen LogP contribution in [0.4, 0.5) is 0 Å². The van der Waals surface area contributed by atoms with E-state index in [1.165, 1.54) is 0 Å². The van der Waals surface area contributed by atoms with Gasteiger partial charge in [0.1, 0.15) is 0 Å². The number of nitrogens with two attached hydrogens (primary N) is 1. The van der Waals surface area contributed by atoms with E-state index in [4.69, 9.17) is 5.73 Å². The summed E-state index contributed by atoms with van der Waals surface area (Å²) in [6, 6.07) is 0. The van der Waals surface area contributed by atoms with Crippen LogP contribution in [0.3, 0.4) is 0 Å². The fraction of sp³-hybridized carbons (Fsp3) is 0.636. The van der Waals surface area contributed by atoms with Crippen LogP contribution in [0.2, 0.25) is 0 Å². The molecule has 2 rings (SSSR count). The summed E-state index contributed by atoms with van der Waals surface area (Å²) in [5.74, 6) is -0.0500. The molecule has 0 unspecified atom stereocenters. The topological polar surface area (TPSA) is 72.9 Å². The minimum Gasteiger partial charge on any atom is -0.345 e. The lowest BCUT2D eigenvalue weighted by atomic mass is 10.1. The van der Waals surface area contributed by atoms with Crippen molar-refractivity contribution in [3.63, 3.8) is 0 Å². The Hall–Kier alpha value is -1.36. The van der Waals surface area contributed by atoms with Crippen LogP contribution in [0, 0.1) is 13.8 Å². The fourth-order valence-electron chi connectivity index (χ4n) is 1.94. The van der Waals surface area contributed by atoms with Crippen molar-refractivity contribution in [2.24, 2.45) is 12.8 Å². The molecular weight excluding hydrogens is 204 g/mol. The highest BCUT2D eigenvalue weighted by molar-refractivity contribution is 5.97. The maximum absolute atomic E-state index is 12.1. The molecule has 1 saturated carbocycles. The summed E-state index contributed by atoms with van der Waals surface area (Å²) in [5.41, 5.74) is 7.84. The quantitative estimate of drug-likeness (QED) is 0.770. The monoisotopic (exact) mass is 222 g/mol. The van der Waals surface area contributed by atoms with E-state index >= 15 is 0 Å². The maximum atomic E-state index is 12.1. The van der Waals surface area contributed by atoms with E-state index < -0.39 is 0 Å². The average molecular weight is 222 g/mol. The molecule has 0 bridgehead atoms. The Morgan fingerprint density at radius 2 is 2.19 bits per heavy atom. The molecule has 16 heavy (non-hydrogen) atoms. The molecule has 1 aliphatic rings. The van der Waals surface area contributed by atoms with Gasteiger partial charge in [-0.05, 0) is 26.7 Å². The molecule has 0 saturated heterocycles. The highest BCUT2D eigenvalue weighted by atomic mass is 16.2. The van der Waals surface area contributed by atoms with Crippen molar-refractivity contribution in [3.05, 3.63) is 17.0 Å². The second-order valence-electron chi connectivity index (χ2n) is 4.61. The van der Waals surface area contributed by atoms with Crippen molar-refractivity contribution in [1.29, 1.82) is 0 Å². The van der Waals surface area contributed by atoms with Crippen molar-refractivity contribution in [2.45, 2.75) is 32.2 Å². The number of carbonyl (C=O) groups excluding carboxylic acids is 1. The molecule has 1 aromatic heterocycles. The molecule has 0 aliphatic heterocycles. The van der Waals surface area contributed by atoms with Crippen LogP contribution in [0.1, 0.15) is 34.6 Å². The highest BCUT2D eigenvalue weighted by Crippen LogP contribution is 2.34. The molecular formula is C11H18N4O. The number of hydrogen-bond donors (Lipinski definition) is 2. The first-order valence-corrected chi connectivity index (χ1v) is 5.52. The number of aromatic nitrogens is 2. The molecule has 1 aliphatic carbocycles. The Kier molecular flexibility index (Phi) is 2.50. The zero-order chi connectivity index (χ0) is 11.9. The van der Waals surface area contributed by atoms with Gasteiger partial charge >= 0.3 is 0 Å². The molecule has 0 aromatic carbocycles. The minimum absolute atomic E-state index is 0.0500. The summed E-state index contributed by atoms with van der Waals surface area (Å²) in [6.07, 6.45) is 1.96. The average Bonchev–Trinajstić information content (AvgIpc) is 2.92. The molecule has 1 amide bonds. The minimum atomic E-state index is -0.147. The van der Waals surface area contributed by atoms with Crippen molar-refractivity contribution in [2.75, 3.05) is 6.54 Å². The molecule has 0 spiro atoms. The summed E-state index contributed by atoms with van der Waals surface area (Å²) in [4.78, 5) is 12.1. The number of nitrogens with one attached hydrogen (secondary N) is 1. The van der Waals surface area contributed by atoms with Gasteiger partial charge in [0.2, 0.25) is 0 Å². The summed E-state index contributed by atoms with van der Waals surface area (Å²) >= 11 is 0. The summed E-state index contributed by atoms with van der Waals surface area (Å²) in [5, 5.41) is 7.24. The van der Waals surface area contributed by atoms with Crippen LogP contribution < -0.4 is 11.1 Å². The lowest BCUT2D eigenvalue weighted by Gasteiger charge is -2.14. The smallest absolute Gasteiger partial charge is 0.255 e. The maximum Gasteiger partial charge on any atom is 0.255 e. The van der Waals surface area contributed by atoms with Crippen LogP contribution >= 0.6 is 0 Å². The Morgan fingerprint density at radius 3 is 2.56 bits per heavy atom. The van der Waals surface area contributed by atoms with Gasteiger partial charge in [0.05, 0.1) is 16.8 Å². The molecule has 5 nitrogen and oxygen atoms in total. The molecule has 5 heteroatoms. The number of rotatable bonds is 3. The van der Waals surface area contributed by atoms with Gasteiger partial charge in [0.15, 0.2) is 0 Å². The third-order valence-electron chi connectivity index (χ3n) is 3.36. The standard InChI is InChI=1S/C11H18N4O/c1-7-9(8(2)15(3)14-7)10(16)13-11(6-12)4-5-11/h4-6,12H2,1-3H3,(H,13,16). The van der Waals surface area contributed by atoms with Gasteiger partial charge in [-0.25, -0.2) is 0 Å². The van der Waals surface area contributed by atoms with Gasteiger partial charge < -0.3 is 11.1 Å². The van der Waals surface area contributed by atoms with E-state index in [0.29, 0.717) is 12.1 Å². The normalized spacial score (nSPS) is 17.2. The molecule has 1 aromatic rings. The number of aryl methyl sites for hydroxylation is 2. The molecule has 1 fully saturated rings. The van der Waals surface area contributed by atoms with E-state index in [0.717, 1.165) is 24.2 Å². The predicted molar refractivity (Wildman–Crippen MR) is 61.2 cm³/mol. The second-order valence-corrected chi connectivity index (χ2v) is 4.61. The van der Waals surface area contributed by atoms with Crippen LogP contribution in [-0.2, 0) is 7.05 Å². The lowest BCUT2D eigenvalue weighted by Crippen LogP contribution is -2.42. The van der Waals surface area contributed by atoms with Gasteiger partial charge in [-0.15, -0.1) is 0 Å². The van der Waals surface area contributed by atoms with Crippen LogP contribution in [0.15, 0.2) is 0 Å². The zero-order valence-electron chi connectivity index (χ0n) is 10.0. The number of hydrogen-bond acceptors (Lipinski definition) is 3. The first-order chi connectivity index (χ1) is 7.49. The first-order valence-electron chi connectivity index (χ1n) is 5.52. The Balaban J connectivity index is 2.21. The molecule has 1 heterocycles. The van der Waals surface area contributed by atoms with Crippen LogP contribution in [-0.4, -0.2) is 27.8 Å². The van der Waals surface area contributed by atoms with Gasteiger partial charge in [-0.3, -0.25) is 9.48 Å². The summed E-state index contributed by atoms with van der Waals surface area (Å²) < 4.78 is 1.73. The van der Waals surface area contributed by atoms with E-state index in [9.17, 15) is 4.79 Å². The van der Waals surface area contributed by atoms with Gasteiger partial charge in [-0.1, -0.05) is 0 Å².